The van der Waals surface area contributed by atoms with E-state index in [1.807, 2.05) is 0 Å². The van der Waals surface area contributed by atoms with Crippen LogP contribution in [-0.4, -0.2) is 30.6 Å². The highest BCUT2D eigenvalue weighted by Gasteiger charge is 2.28. The van der Waals surface area contributed by atoms with Crippen molar-refractivity contribution in [3.8, 4) is 5.75 Å². The van der Waals surface area contributed by atoms with E-state index in [-0.39, 0.29) is 11.7 Å². The Morgan fingerprint density at radius 2 is 1.59 bits per heavy atom. The number of primary amides is 1. The lowest BCUT2D eigenvalue weighted by atomic mass is 10.2. The molecule has 0 heterocycles. The van der Waals surface area contributed by atoms with Gasteiger partial charge in [-0.1, -0.05) is 0 Å². The molecule has 0 aliphatic rings. The lowest BCUT2D eigenvalue weighted by Gasteiger charge is -2.16. The standard InChI is InChI=1S/C18H18F3N3O3/c1-11(17(26)24-14-4-2-12(3-5-14)16(22)25)23-13-6-8-15(9-7-13)27-10-18(19,20)21/h2-9,11,23H,10H2,1H3,(H2,22,25)(H,24,26)/t11-/m0/s1. The topological polar surface area (TPSA) is 93.4 Å². The molecule has 0 fully saturated rings. The van der Waals surface area contributed by atoms with Crippen LogP contribution in [0.15, 0.2) is 48.5 Å². The largest absolute Gasteiger partial charge is 0.484 e. The molecule has 6 nitrogen and oxygen atoms in total. The van der Waals surface area contributed by atoms with Gasteiger partial charge in [-0.2, -0.15) is 13.2 Å². The van der Waals surface area contributed by atoms with Crippen molar-refractivity contribution in [2.45, 2.75) is 19.1 Å². The highest BCUT2D eigenvalue weighted by Crippen LogP contribution is 2.20. The summed E-state index contributed by atoms with van der Waals surface area (Å²) >= 11 is 0. The quantitative estimate of drug-likeness (QED) is 0.687. The number of carbonyl (C=O) groups excluding carboxylic acids is 2. The van der Waals surface area contributed by atoms with E-state index in [2.05, 4.69) is 15.4 Å². The maximum Gasteiger partial charge on any atom is 0.422 e. The lowest BCUT2D eigenvalue weighted by Crippen LogP contribution is -2.31. The molecular formula is C18H18F3N3O3. The van der Waals surface area contributed by atoms with Crippen LogP contribution in [0.3, 0.4) is 0 Å². The molecule has 2 rings (SSSR count). The fourth-order valence-corrected chi connectivity index (χ4v) is 2.10. The van der Waals surface area contributed by atoms with Gasteiger partial charge in [0.25, 0.3) is 0 Å². The zero-order chi connectivity index (χ0) is 20.0. The number of hydrogen-bond donors (Lipinski definition) is 3. The zero-order valence-electron chi connectivity index (χ0n) is 14.3. The second-order valence-corrected chi connectivity index (χ2v) is 5.73. The molecule has 0 saturated heterocycles. The molecule has 0 bridgehead atoms. The molecule has 2 amide bonds. The van der Waals surface area contributed by atoms with E-state index in [1.165, 1.54) is 36.4 Å². The molecule has 0 aromatic heterocycles. The molecule has 0 saturated carbocycles. The van der Waals surface area contributed by atoms with Gasteiger partial charge in [0.15, 0.2) is 6.61 Å². The van der Waals surface area contributed by atoms with Crippen molar-refractivity contribution in [3.05, 3.63) is 54.1 Å². The third kappa shape index (κ3) is 6.53. The van der Waals surface area contributed by atoms with Crippen LogP contribution in [0.2, 0.25) is 0 Å². The Labute approximate surface area is 153 Å². The number of nitrogens with two attached hydrogens (primary N) is 1. The Balaban J connectivity index is 1.89. The minimum Gasteiger partial charge on any atom is -0.484 e. The Hall–Kier alpha value is -3.23. The Bertz CT molecular complexity index is 790. The van der Waals surface area contributed by atoms with Crippen molar-refractivity contribution < 1.29 is 27.5 Å². The number of hydrogen-bond acceptors (Lipinski definition) is 4. The van der Waals surface area contributed by atoms with Crippen LogP contribution in [0.25, 0.3) is 0 Å². The fourth-order valence-electron chi connectivity index (χ4n) is 2.10. The van der Waals surface area contributed by atoms with Gasteiger partial charge in [0.1, 0.15) is 11.8 Å². The van der Waals surface area contributed by atoms with Gasteiger partial charge >= 0.3 is 6.18 Å². The van der Waals surface area contributed by atoms with Crippen LogP contribution in [-0.2, 0) is 4.79 Å². The van der Waals surface area contributed by atoms with E-state index in [9.17, 15) is 22.8 Å². The SMILES string of the molecule is C[C@H](Nc1ccc(OCC(F)(F)F)cc1)C(=O)Nc1ccc(C(N)=O)cc1. The van der Waals surface area contributed by atoms with Gasteiger partial charge in [-0.15, -0.1) is 0 Å². The number of alkyl halides is 3. The van der Waals surface area contributed by atoms with Gasteiger partial charge in [0.2, 0.25) is 11.8 Å². The normalized spacial score (nSPS) is 12.1. The number of anilines is 2. The molecule has 27 heavy (non-hydrogen) atoms. The van der Waals surface area contributed by atoms with Crippen LogP contribution in [0.5, 0.6) is 5.75 Å². The number of amides is 2. The van der Waals surface area contributed by atoms with Gasteiger partial charge in [0.05, 0.1) is 0 Å². The van der Waals surface area contributed by atoms with Crippen LogP contribution < -0.4 is 21.1 Å². The van der Waals surface area contributed by atoms with Crippen molar-refractivity contribution in [3.63, 3.8) is 0 Å². The van der Waals surface area contributed by atoms with Crippen molar-refractivity contribution in [2.24, 2.45) is 5.73 Å². The number of carbonyl (C=O) groups is 2. The van der Waals surface area contributed by atoms with E-state index in [0.717, 1.165) is 0 Å². The van der Waals surface area contributed by atoms with E-state index in [0.29, 0.717) is 16.9 Å². The molecule has 4 N–H and O–H groups in total. The van der Waals surface area contributed by atoms with Crippen LogP contribution in [0, 0.1) is 0 Å². The molecule has 0 aliphatic carbocycles. The van der Waals surface area contributed by atoms with Gasteiger partial charge in [0, 0.05) is 16.9 Å². The number of rotatable bonds is 7. The molecule has 2 aromatic rings. The average Bonchev–Trinajstić information content (AvgIpc) is 2.61. The molecule has 0 aliphatic heterocycles. The minimum absolute atomic E-state index is 0.0736. The van der Waals surface area contributed by atoms with Gasteiger partial charge in [-0.05, 0) is 55.5 Å². The molecule has 9 heteroatoms. The molecule has 1 atom stereocenters. The predicted molar refractivity (Wildman–Crippen MR) is 94.7 cm³/mol. The van der Waals surface area contributed by atoms with Crippen molar-refractivity contribution >= 4 is 23.2 Å². The van der Waals surface area contributed by atoms with Crippen molar-refractivity contribution in [1.82, 2.24) is 0 Å². The number of benzene rings is 2. The second-order valence-electron chi connectivity index (χ2n) is 5.73. The van der Waals surface area contributed by atoms with E-state index < -0.39 is 24.7 Å². The number of ether oxygens (including phenoxy) is 1. The zero-order valence-corrected chi connectivity index (χ0v) is 14.3. The lowest BCUT2D eigenvalue weighted by molar-refractivity contribution is -0.153. The number of nitrogens with one attached hydrogen (secondary N) is 2. The third-order valence-corrected chi connectivity index (χ3v) is 3.47. The van der Waals surface area contributed by atoms with Gasteiger partial charge in [-0.25, -0.2) is 0 Å². The Morgan fingerprint density at radius 3 is 2.11 bits per heavy atom. The first-order valence-corrected chi connectivity index (χ1v) is 7.91. The first kappa shape index (κ1) is 20.1. The molecule has 0 radical (unpaired) electrons. The van der Waals surface area contributed by atoms with Crippen molar-refractivity contribution in [1.29, 1.82) is 0 Å². The summed E-state index contributed by atoms with van der Waals surface area (Å²) in [6.07, 6.45) is -4.40. The first-order chi connectivity index (χ1) is 12.6. The summed E-state index contributed by atoms with van der Waals surface area (Å²) < 4.78 is 41.0. The summed E-state index contributed by atoms with van der Waals surface area (Å²) in [7, 11) is 0. The molecular weight excluding hydrogens is 363 g/mol. The predicted octanol–water partition coefficient (Wildman–Crippen LogP) is 3.17. The van der Waals surface area contributed by atoms with Crippen LogP contribution >= 0.6 is 0 Å². The number of halogens is 3. The first-order valence-electron chi connectivity index (χ1n) is 7.91. The van der Waals surface area contributed by atoms with Crippen molar-refractivity contribution in [2.75, 3.05) is 17.2 Å². The molecule has 2 aromatic carbocycles. The summed E-state index contributed by atoms with van der Waals surface area (Å²) in [5.74, 6) is -0.825. The smallest absolute Gasteiger partial charge is 0.422 e. The summed E-state index contributed by atoms with van der Waals surface area (Å²) in [5.41, 5.74) is 6.51. The van der Waals surface area contributed by atoms with Crippen LogP contribution in [0.4, 0.5) is 24.5 Å². The summed E-state index contributed by atoms with van der Waals surface area (Å²) in [6, 6.07) is 11.2. The molecule has 0 unspecified atom stereocenters. The maximum atomic E-state index is 12.2. The fraction of sp³-hybridized carbons (Fsp3) is 0.222. The Kier molecular flexibility index (Phi) is 6.27. The highest BCUT2D eigenvalue weighted by molar-refractivity contribution is 5.97. The second kappa shape index (κ2) is 8.43. The van der Waals surface area contributed by atoms with Gasteiger partial charge in [-0.3, -0.25) is 9.59 Å². The van der Waals surface area contributed by atoms with Crippen LogP contribution in [0.1, 0.15) is 17.3 Å². The van der Waals surface area contributed by atoms with Gasteiger partial charge < -0.3 is 21.1 Å². The molecule has 144 valence electrons. The third-order valence-electron chi connectivity index (χ3n) is 3.47. The highest BCUT2D eigenvalue weighted by atomic mass is 19.4. The summed E-state index contributed by atoms with van der Waals surface area (Å²) in [6.45, 7) is 0.258. The summed E-state index contributed by atoms with van der Waals surface area (Å²) in [4.78, 5) is 23.2. The minimum atomic E-state index is -4.40. The van der Waals surface area contributed by atoms with E-state index >= 15 is 0 Å². The monoisotopic (exact) mass is 381 g/mol. The maximum absolute atomic E-state index is 12.2. The Morgan fingerprint density at radius 1 is 1.04 bits per heavy atom. The van der Waals surface area contributed by atoms with E-state index in [1.54, 1.807) is 19.1 Å². The van der Waals surface area contributed by atoms with E-state index in [4.69, 9.17) is 5.73 Å². The summed E-state index contributed by atoms with van der Waals surface area (Å²) in [5, 5.41) is 5.60. The molecule has 0 spiro atoms. The average molecular weight is 381 g/mol.